The molecule has 2 aliphatic heterocycles. The van der Waals surface area contributed by atoms with Gasteiger partial charge in [0.2, 0.25) is 0 Å². The summed E-state index contributed by atoms with van der Waals surface area (Å²) in [7, 11) is 1.37. The molecule has 13 heteroatoms. The van der Waals surface area contributed by atoms with Crippen LogP contribution in [0.3, 0.4) is 0 Å². The van der Waals surface area contributed by atoms with Gasteiger partial charge in [-0.1, -0.05) is 41.4 Å². The molecule has 0 unspecified atom stereocenters. The number of hydrogen-bond acceptors (Lipinski definition) is 10. The molecule has 2 aromatic heterocycles. The van der Waals surface area contributed by atoms with Crippen LogP contribution in [0.1, 0.15) is 31.8 Å². The van der Waals surface area contributed by atoms with Crippen molar-refractivity contribution >= 4 is 46.5 Å². The number of hydrogen-bond donors (Lipinski definition) is 0. The monoisotopic (exact) mass is 682 g/mol. The number of methoxy groups -OCH3 is 1. The quantitative estimate of drug-likeness (QED) is 0.199. The molecule has 0 aliphatic carbocycles. The number of esters is 1. The van der Waals surface area contributed by atoms with E-state index in [2.05, 4.69) is 29.6 Å². The first-order valence-electron chi connectivity index (χ1n) is 15.4. The molecule has 48 heavy (non-hydrogen) atoms. The van der Waals surface area contributed by atoms with Gasteiger partial charge in [-0.3, -0.25) is 19.8 Å². The van der Waals surface area contributed by atoms with E-state index in [1.54, 1.807) is 36.7 Å². The number of carboxylic acid groups (broad SMARTS) is 1. The number of rotatable bonds is 8. The van der Waals surface area contributed by atoms with Gasteiger partial charge in [-0.15, -0.1) is 0 Å². The molecule has 0 bridgehead atoms. The molecular weight excluding hydrogens is 646 g/mol. The molecule has 0 radical (unpaired) electrons. The Hall–Kier alpha value is -3.62. The molecule has 0 amide bonds. The Morgan fingerprint density at radius 3 is 1.44 bits per heavy atom. The van der Waals surface area contributed by atoms with Crippen LogP contribution >= 0.6 is 23.2 Å². The van der Waals surface area contributed by atoms with E-state index in [0.29, 0.717) is 15.6 Å². The van der Waals surface area contributed by atoms with Crippen molar-refractivity contribution in [3.63, 3.8) is 0 Å². The van der Waals surface area contributed by atoms with Crippen LogP contribution in [0.2, 0.25) is 10.0 Å². The summed E-state index contributed by atoms with van der Waals surface area (Å²) in [6.45, 7) is 9.14. The minimum atomic E-state index is -1.20. The largest absolute Gasteiger partial charge is 1.00 e. The normalized spacial score (nSPS) is 15.1. The number of pyridine rings is 2. The SMILES string of the molecule is COC(=O)c1ccc(CN2CCN(c3ccncc3)CC2)c(Cl)c1.O=C([O-])c1ccc(CN2CCN(c3ccncc3)CC2)c(Cl)c1.[Li+]. The summed E-state index contributed by atoms with van der Waals surface area (Å²) in [6.07, 6.45) is 7.26. The van der Waals surface area contributed by atoms with Crippen LogP contribution in [0.4, 0.5) is 11.4 Å². The summed E-state index contributed by atoms with van der Waals surface area (Å²) in [4.78, 5) is 39.9. The summed E-state index contributed by atoms with van der Waals surface area (Å²) in [5, 5.41) is 11.9. The van der Waals surface area contributed by atoms with Crippen LogP contribution in [0.5, 0.6) is 0 Å². The van der Waals surface area contributed by atoms with Gasteiger partial charge >= 0.3 is 24.8 Å². The molecule has 2 aliphatic rings. The van der Waals surface area contributed by atoms with Crippen LogP contribution in [0.15, 0.2) is 85.5 Å². The summed E-state index contributed by atoms with van der Waals surface area (Å²) in [5.74, 6) is -1.57. The number of benzene rings is 2. The van der Waals surface area contributed by atoms with E-state index < -0.39 is 5.97 Å². The number of piperazine rings is 2. The Balaban J connectivity index is 0.000000212. The Kier molecular flexibility index (Phi) is 14.1. The molecule has 2 fully saturated rings. The molecule has 0 spiro atoms. The van der Waals surface area contributed by atoms with Crippen molar-refractivity contribution < 1.29 is 38.3 Å². The van der Waals surface area contributed by atoms with E-state index in [1.165, 1.54) is 24.6 Å². The minimum Gasteiger partial charge on any atom is -0.545 e. The number of nitrogens with zero attached hydrogens (tertiary/aromatic N) is 6. The molecule has 10 nitrogen and oxygen atoms in total. The average molecular weight is 684 g/mol. The van der Waals surface area contributed by atoms with Gasteiger partial charge in [-0.2, -0.15) is 0 Å². The van der Waals surface area contributed by atoms with Gasteiger partial charge in [0, 0.05) is 112 Å². The van der Waals surface area contributed by atoms with E-state index in [0.717, 1.165) is 76.6 Å². The second kappa shape index (κ2) is 18.2. The maximum absolute atomic E-state index is 11.5. The Bertz CT molecular complexity index is 1640. The van der Waals surface area contributed by atoms with E-state index >= 15 is 0 Å². The topological polar surface area (TPSA) is 105 Å². The van der Waals surface area contributed by atoms with Gasteiger partial charge in [0.15, 0.2) is 0 Å². The predicted octanol–water partition coefficient (Wildman–Crippen LogP) is 1.27. The maximum Gasteiger partial charge on any atom is 1.00 e. The summed E-state index contributed by atoms with van der Waals surface area (Å²) in [6, 6.07) is 18.2. The first kappa shape index (κ1) is 37.2. The fourth-order valence-electron chi connectivity index (χ4n) is 5.64. The van der Waals surface area contributed by atoms with Gasteiger partial charge in [0.1, 0.15) is 0 Å². The van der Waals surface area contributed by atoms with Crippen LogP contribution in [0, 0.1) is 0 Å². The van der Waals surface area contributed by atoms with Crippen LogP contribution in [-0.4, -0.2) is 91.2 Å². The first-order valence-corrected chi connectivity index (χ1v) is 16.2. The number of carboxylic acids is 1. The zero-order chi connectivity index (χ0) is 33.2. The summed E-state index contributed by atoms with van der Waals surface area (Å²) in [5.41, 5.74) is 4.96. The molecule has 246 valence electrons. The van der Waals surface area contributed by atoms with Crippen molar-refractivity contribution in [1.29, 1.82) is 0 Å². The number of ether oxygens (including phenoxy) is 1. The molecule has 6 rings (SSSR count). The van der Waals surface area contributed by atoms with Gasteiger partial charge in [-0.25, -0.2) is 4.79 Å². The number of aromatic nitrogens is 2. The van der Waals surface area contributed by atoms with Crippen molar-refractivity contribution in [3.05, 3.63) is 118 Å². The van der Waals surface area contributed by atoms with Gasteiger partial charge < -0.3 is 24.4 Å². The van der Waals surface area contributed by atoms with E-state index in [-0.39, 0.29) is 30.4 Å². The molecule has 2 saturated heterocycles. The first-order chi connectivity index (χ1) is 22.8. The maximum atomic E-state index is 11.5. The summed E-state index contributed by atoms with van der Waals surface area (Å²) < 4.78 is 4.72. The van der Waals surface area contributed by atoms with Gasteiger partial charge in [0.05, 0.1) is 18.6 Å². The Morgan fingerprint density at radius 1 is 0.667 bits per heavy atom. The molecule has 2 aromatic carbocycles. The smallest absolute Gasteiger partial charge is 0.545 e. The fourth-order valence-corrected chi connectivity index (χ4v) is 6.12. The Morgan fingerprint density at radius 2 is 1.06 bits per heavy atom. The van der Waals surface area contributed by atoms with Crippen molar-refractivity contribution in [2.75, 3.05) is 69.3 Å². The second-order valence-corrected chi connectivity index (χ2v) is 12.1. The van der Waals surface area contributed by atoms with Gasteiger partial charge in [-0.05, 0) is 59.2 Å². The van der Waals surface area contributed by atoms with Gasteiger partial charge in [0.25, 0.3) is 0 Å². The number of carbonyl (C=O) groups excluding carboxylic acids is 2. The van der Waals surface area contributed by atoms with Crippen molar-refractivity contribution in [1.82, 2.24) is 19.8 Å². The standard InChI is InChI=1S/C18H20ClN3O2.C17H18ClN3O2.Li/c1-24-18(23)14-2-3-15(17(19)12-14)13-21-8-10-22(11-9-21)16-4-6-20-7-5-16;18-16-11-13(17(22)23)1-2-14(16)12-20-7-9-21(10-8-20)15-3-5-19-6-4-15;/h2-7,12H,8-11,13H2,1H3;1-6,11H,7-10,12H2,(H,22,23);/q;;+1/p-1. The number of anilines is 2. The van der Waals surface area contributed by atoms with Crippen LogP contribution in [-0.2, 0) is 17.8 Å². The predicted molar refractivity (Wildman–Crippen MR) is 182 cm³/mol. The minimum absolute atomic E-state index is 0. The van der Waals surface area contributed by atoms with E-state index in [4.69, 9.17) is 27.9 Å². The third kappa shape index (κ3) is 10.2. The number of carbonyl (C=O) groups is 2. The van der Waals surface area contributed by atoms with Crippen molar-refractivity contribution in [2.24, 2.45) is 0 Å². The second-order valence-electron chi connectivity index (χ2n) is 11.3. The molecule has 0 atom stereocenters. The molecule has 0 N–H and O–H groups in total. The molecule has 0 saturated carbocycles. The zero-order valence-electron chi connectivity index (χ0n) is 27.2. The number of aromatic carboxylic acids is 1. The van der Waals surface area contributed by atoms with E-state index in [9.17, 15) is 14.7 Å². The average Bonchev–Trinajstić information content (AvgIpc) is 3.11. The number of halogens is 2. The molecular formula is C35H37Cl2LiN6O4. The molecule has 4 aromatic rings. The third-order valence-electron chi connectivity index (χ3n) is 8.35. The van der Waals surface area contributed by atoms with Crippen LogP contribution < -0.4 is 33.8 Å². The van der Waals surface area contributed by atoms with Crippen molar-refractivity contribution in [2.45, 2.75) is 13.1 Å². The van der Waals surface area contributed by atoms with E-state index in [1.807, 2.05) is 42.7 Å². The van der Waals surface area contributed by atoms with Crippen LogP contribution in [0.25, 0.3) is 0 Å². The fraction of sp³-hybridized carbons (Fsp3) is 0.314. The van der Waals surface area contributed by atoms with Crippen molar-refractivity contribution in [3.8, 4) is 0 Å². The molecule has 4 heterocycles. The Labute approximate surface area is 303 Å². The summed E-state index contributed by atoms with van der Waals surface area (Å²) >= 11 is 12.5. The zero-order valence-corrected chi connectivity index (χ0v) is 28.7. The third-order valence-corrected chi connectivity index (χ3v) is 9.05.